The molecule has 0 aliphatic rings. The summed E-state index contributed by atoms with van der Waals surface area (Å²) in [6.45, 7) is 1.30. The van der Waals surface area contributed by atoms with Crippen molar-refractivity contribution in [3.05, 3.63) is 59.4 Å². The summed E-state index contributed by atoms with van der Waals surface area (Å²) in [6, 6.07) is 9.99. The predicted molar refractivity (Wildman–Crippen MR) is 97.5 cm³/mol. The Balaban J connectivity index is 1.53. The van der Waals surface area contributed by atoms with E-state index in [4.69, 9.17) is 0 Å². The molecule has 3 aromatic rings. The Bertz CT molecular complexity index is 767. The van der Waals surface area contributed by atoms with E-state index in [-0.39, 0.29) is 12.5 Å². The maximum absolute atomic E-state index is 9.62. The molecule has 2 heterocycles. The number of imidazole rings is 1. The van der Waals surface area contributed by atoms with Crippen LogP contribution in [-0.4, -0.2) is 40.7 Å². The predicted octanol–water partition coefficient (Wildman–Crippen LogP) is 1.84. The van der Waals surface area contributed by atoms with Crippen LogP contribution in [0.4, 0.5) is 0 Å². The number of hydrogen-bond acceptors (Lipinski definition) is 4. The molecule has 0 aliphatic heterocycles. The fourth-order valence-corrected chi connectivity index (χ4v) is 3.21. The van der Waals surface area contributed by atoms with Gasteiger partial charge in [0.2, 0.25) is 0 Å². The van der Waals surface area contributed by atoms with Crippen LogP contribution in [0.25, 0.3) is 4.96 Å². The van der Waals surface area contributed by atoms with Crippen molar-refractivity contribution in [1.29, 1.82) is 0 Å². The topological polar surface area (TPSA) is 74.0 Å². The summed E-state index contributed by atoms with van der Waals surface area (Å²) in [5, 5.41) is 18.1. The first-order chi connectivity index (χ1) is 11.8. The monoisotopic (exact) mass is 343 g/mol. The van der Waals surface area contributed by atoms with Crippen LogP contribution in [0.2, 0.25) is 0 Å². The van der Waals surface area contributed by atoms with Gasteiger partial charge in [-0.25, -0.2) is 4.98 Å². The molecule has 0 spiro atoms. The molecular weight excluding hydrogens is 322 g/mol. The molecule has 6 nitrogen and oxygen atoms in total. The Labute approximate surface area is 144 Å². The van der Waals surface area contributed by atoms with Gasteiger partial charge in [0.25, 0.3) is 0 Å². The number of aliphatic imine (C=N–C) groups is 1. The molecule has 1 aromatic carbocycles. The summed E-state index contributed by atoms with van der Waals surface area (Å²) >= 11 is 1.61. The van der Waals surface area contributed by atoms with Gasteiger partial charge in [-0.15, -0.1) is 11.3 Å². The van der Waals surface area contributed by atoms with Crippen LogP contribution in [0.3, 0.4) is 0 Å². The lowest BCUT2D eigenvalue weighted by Crippen LogP contribution is -2.39. The molecule has 3 rings (SSSR count). The maximum Gasteiger partial charge on any atom is 0.193 e. The van der Waals surface area contributed by atoms with Gasteiger partial charge in [0, 0.05) is 37.3 Å². The number of rotatable bonds is 6. The van der Waals surface area contributed by atoms with E-state index in [1.807, 2.05) is 52.5 Å². The molecule has 0 saturated heterocycles. The average Bonchev–Trinajstić information content (AvgIpc) is 3.20. The Morgan fingerprint density at radius 3 is 2.88 bits per heavy atom. The third kappa shape index (κ3) is 3.93. The zero-order chi connectivity index (χ0) is 16.8. The molecular formula is C17H21N5OS. The molecule has 0 saturated carbocycles. The van der Waals surface area contributed by atoms with Crippen molar-refractivity contribution >= 4 is 22.3 Å². The van der Waals surface area contributed by atoms with E-state index in [0.29, 0.717) is 19.0 Å². The highest BCUT2D eigenvalue weighted by Gasteiger charge is 2.11. The Hall–Kier alpha value is -2.38. The highest BCUT2D eigenvalue weighted by Crippen LogP contribution is 2.13. The fraction of sp³-hybridized carbons (Fsp3) is 0.294. The highest BCUT2D eigenvalue weighted by atomic mass is 32.1. The summed E-state index contributed by atoms with van der Waals surface area (Å²) in [4.78, 5) is 9.74. The van der Waals surface area contributed by atoms with E-state index in [1.54, 1.807) is 18.4 Å². The Morgan fingerprint density at radius 1 is 1.33 bits per heavy atom. The van der Waals surface area contributed by atoms with Crippen molar-refractivity contribution in [2.75, 3.05) is 20.2 Å². The highest BCUT2D eigenvalue weighted by molar-refractivity contribution is 7.15. The van der Waals surface area contributed by atoms with Crippen LogP contribution < -0.4 is 10.6 Å². The van der Waals surface area contributed by atoms with Gasteiger partial charge in [-0.2, -0.15) is 0 Å². The molecule has 1 atom stereocenters. The van der Waals surface area contributed by atoms with Gasteiger partial charge < -0.3 is 15.7 Å². The van der Waals surface area contributed by atoms with E-state index in [9.17, 15) is 5.11 Å². The number of guanidine groups is 1. The molecule has 1 unspecified atom stereocenters. The van der Waals surface area contributed by atoms with E-state index >= 15 is 0 Å². The average molecular weight is 343 g/mol. The number of hydrogen-bond donors (Lipinski definition) is 3. The van der Waals surface area contributed by atoms with Gasteiger partial charge in [0.15, 0.2) is 10.9 Å². The molecule has 0 bridgehead atoms. The van der Waals surface area contributed by atoms with Crippen LogP contribution in [0.1, 0.15) is 17.2 Å². The standard InChI is InChI=1S/C17H21N5OS/c1-18-16(19-9-14(12-23)13-5-3-2-4-6-13)20-10-15-11-22-7-8-24-17(22)21-15/h2-8,11,14,23H,9-10,12H2,1H3,(H2,18,19,20). The maximum atomic E-state index is 9.62. The van der Waals surface area contributed by atoms with Gasteiger partial charge in [0.05, 0.1) is 18.8 Å². The quantitative estimate of drug-likeness (QED) is 0.472. The van der Waals surface area contributed by atoms with Crippen LogP contribution >= 0.6 is 11.3 Å². The van der Waals surface area contributed by atoms with E-state index in [2.05, 4.69) is 20.6 Å². The van der Waals surface area contributed by atoms with Gasteiger partial charge in [-0.05, 0) is 5.56 Å². The number of thiazole rings is 1. The first-order valence-corrected chi connectivity index (χ1v) is 8.69. The summed E-state index contributed by atoms with van der Waals surface area (Å²) in [5.41, 5.74) is 2.07. The zero-order valence-corrected chi connectivity index (χ0v) is 14.3. The van der Waals surface area contributed by atoms with Gasteiger partial charge in [-0.1, -0.05) is 30.3 Å². The summed E-state index contributed by atoms with van der Waals surface area (Å²) in [7, 11) is 1.73. The SMILES string of the molecule is CN=C(NCc1cn2ccsc2n1)NCC(CO)c1ccccc1. The second-order valence-corrected chi connectivity index (χ2v) is 6.29. The van der Waals surface area contributed by atoms with Crippen molar-refractivity contribution in [2.24, 2.45) is 4.99 Å². The van der Waals surface area contributed by atoms with E-state index in [0.717, 1.165) is 16.2 Å². The second-order valence-electron chi connectivity index (χ2n) is 5.42. The normalized spacial score (nSPS) is 13.2. The molecule has 126 valence electrons. The lowest BCUT2D eigenvalue weighted by molar-refractivity contribution is 0.265. The lowest BCUT2D eigenvalue weighted by atomic mass is 10.0. The smallest absolute Gasteiger partial charge is 0.193 e. The van der Waals surface area contributed by atoms with E-state index < -0.39 is 0 Å². The number of fused-ring (bicyclic) bond motifs is 1. The second kappa shape index (κ2) is 7.94. The number of aromatic nitrogens is 2. The molecule has 0 radical (unpaired) electrons. The first kappa shape index (κ1) is 16.5. The van der Waals surface area contributed by atoms with Crippen molar-refractivity contribution < 1.29 is 5.11 Å². The molecule has 24 heavy (non-hydrogen) atoms. The third-order valence-electron chi connectivity index (χ3n) is 3.81. The number of nitrogens with zero attached hydrogens (tertiary/aromatic N) is 3. The fourth-order valence-electron chi connectivity index (χ4n) is 2.49. The molecule has 0 fully saturated rings. The van der Waals surface area contributed by atoms with E-state index in [1.165, 1.54) is 0 Å². The number of benzene rings is 1. The first-order valence-electron chi connectivity index (χ1n) is 7.81. The largest absolute Gasteiger partial charge is 0.396 e. The van der Waals surface area contributed by atoms with Crippen LogP contribution in [0.15, 0.2) is 53.1 Å². The van der Waals surface area contributed by atoms with Gasteiger partial charge >= 0.3 is 0 Å². The number of aliphatic hydroxyl groups is 1. The minimum absolute atomic E-state index is 0.0303. The third-order valence-corrected chi connectivity index (χ3v) is 4.58. The van der Waals surface area contributed by atoms with Crippen molar-refractivity contribution in [3.63, 3.8) is 0 Å². The van der Waals surface area contributed by atoms with Gasteiger partial charge in [0.1, 0.15) is 0 Å². The minimum Gasteiger partial charge on any atom is -0.396 e. The molecule has 2 aromatic heterocycles. The van der Waals surface area contributed by atoms with Crippen molar-refractivity contribution in [3.8, 4) is 0 Å². The number of aliphatic hydroxyl groups excluding tert-OH is 1. The minimum atomic E-state index is 0.0303. The Morgan fingerprint density at radius 2 is 2.17 bits per heavy atom. The van der Waals surface area contributed by atoms with Gasteiger partial charge in [-0.3, -0.25) is 9.39 Å². The zero-order valence-electron chi connectivity index (χ0n) is 13.5. The molecule has 0 aliphatic carbocycles. The van der Waals surface area contributed by atoms with Crippen LogP contribution in [-0.2, 0) is 6.54 Å². The summed E-state index contributed by atoms with van der Waals surface area (Å²) < 4.78 is 2.01. The van der Waals surface area contributed by atoms with Crippen molar-refractivity contribution in [2.45, 2.75) is 12.5 Å². The van der Waals surface area contributed by atoms with Crippen LogP contribution in [0, 0.1) is 0 Å². The lowest BCUT2D eigenvalue weighted by Gasteiger charge is -2.17. The van der Waals surface area contributed by atoms with Crippen LogP contribution in [0.5, 0.6) is 0 Å². The summed E-state index contributed by atoms with van der Waals surface area (Å²) in [5.74, 6) is 0.725. The molecule has 3 N–H and O–H groups in total. The summed E-state index contributed by atoms with van der Waals surface area (Å²) in [6.07, 6.45) is 4.00. The van der Waals surface area contributed by atoms with Crippen molar-refractivity contribution in [1.82, 2.24) is 20.0 Å². The Kier molecular flexibility index (Phi) is 5.45. The molecule has 7 heteroatoms. The molecule has 0 amide bonds. The number of nitrogens with one attached hydrogen (secondary N) is 2.